The lowest BCUT2D eigenvalue weighted by atomic mass is 9.71. The molecule has 1 saturated carbocycles. The lowest BCUT2D eigenvalue weighted by Gasteiger charge is -2.37. The Morgan fingerprint density at radius 2 is 1.67 bits per heavy atom. The average Bonchev–Trinajstić information content (AvgIpc) is 2.28. The van der Waals surface area contributed by atoms with Crippen molar-refractivity contribution < 1.29 is 0 Å². The summed E-state index contributed by atoms with van der Waals surface area (Å²) in [6.45, 7) is 11.4. The summed E-state index contributed by atoms with van der Waals surface area (Å²) < 4.78 is 0. The third-order valence-corrected chi connectivity index (χ3v) is 4.47. The fraction of sp³-hybridized carbons (Fsp3) is 1.00. The predicted molar refractivity (Wildman–Crippen MR) is 80.7 cm³/mol. The van der Waals surface area contributed by atoms with E-state index in [1.807, 2.05) is 0 Å². The molecule has 108 valence electrons. The molecule has 0 aliphatic heterocycles. The highest BCUT2D eigenvalue weighted by atomic mass is 14.9. The zero-order chi connectivity index (χ0) is 13.6. The van der Waals surface area contributed by atoms with Crippen LogP contribution in [0.5, 0.6) is 0 Å². The minimum Gasteiger partial charge on any atom is -0.326 e. The standard InChI is InChI=1S/C16H34N2/c1-15(2,14-9-6-5-7-10-14)13-18-12-8-11-16(3,4)17/h14,18H,5-13,17H2,1-4H3. The maximum atomic E-state index is 5.99. The molecule has 0 atom stereocenters. The summed E-state index contributed by atoms with van der Waals surface area (Å²) in [7, 11) is 0. The van der Waals surface area contributed by atoms with Crippen LogP contribution >= 0.6 is 0 Å². The van der Waals surface area contributed by atoms with Crippen molar-refractivity contribution in [1.82, 2.24) is 5.32 Å². The number of rotatable bonds is 7. The van der Waals surface area contributed by atoms with Gasteiger partial charge in [0.1, 0.15) is 0 Å². The smallest absolute Gasteiger partial charge is 0.00975 e. The first kappa shape index (κ1) is 16.0. The Kier molecular flexibility index (Phi) is 6.13. The molecular weight excluding hydrogens is 220 g/mol. The zero-order valence-corrected chi connectivity index (χ0v) is 13.0. The van der Waals surface area contributed by atoms with Gasteiger partial charge in [0, 0.05) is 12.1 Å². The largest absolute Gasteiger partial charge is 0.326 e. The van der Waals surface area contributed by atoms with E-state index in [0.29, 0.717) is 5.41 Å². The Morgan fingerprint density at radius 1 is 1.06 bits per heavy atom. The molecule has 0 spiro atoms. The molecule has 3 N–H and O–H groups in total. The summed E-state index contributed by atoms with van der Waals surface area (Å²) in [6.07, 6.45) is 9.49. The molecule has 1 rings (SSSR count). The Labute approximate surface area is 114 Å². The van der Waals surface area contributed by atoms with Crippen LogP contribution in [0.3, 0.4) is 0 Å². The van der Waals surface area contributed by atoms with Crippen molar-refractivity contribution in [2.45, 2.75) is 78.2 Å². The first-order valence-corrected chi connectivity index (χ1v) is 7.81. The average molecular weight is 254 g/mol. The molecule has 0 aromatic rings. The van der Waals surface area contributed by atoms with Gasteiger partial charge in [-0.25, -0.2) is 0 Å². The molecule has 1 aliphatic carbocycles. The van der Waals surface area contributed by atoms with Crippen LogP contribution in [0.25, 0.3) is 0 Å². The van der Waals surface area contributed by atoms with Crippen molar-refractivity contribution in [1.29, 1.82) is 0 Å². The molecule has 1 aliphatic rings. The lowest BCUT2D eigenvalue weighted by Crippen LogP contribution is -2.38. The third kappa shape index (κ3) is 6.19. The first-order chi connectivity index (χ1) is 8.31. The topological polar surface area (TPSA) is 38.0 Å². The minimum absolute atomic E-state index is 0.0133. The van der Waals surface area contributed by atoms with Gasteiger partial charge in [-0.15, -0.1) is 0 Å². The van der Waals surface area contributed by atoms with E-state index in [0.717, 1.165) is 25.4 Å². The van der Waals surface area contributed by atoms with E-state index in [4.69, 9.17) is 5.73 Å². The summed E-state index contributed by atoms with van der Waals surface area (Å²) in [5, 5.41) is 3.64. The normalized spacial score (nSPS) is 19.2. The Bertz CT molecular complexity index is 222. The number of hydrogen-bond donors (Lipinski definition) is 2. The van der Waals surface area contributed by atoms with Crippen LogP contribution in [-0.4, -0.2) is 18.6 Å². The summed E-state index contributed by atoms with van der Waals surface area (Å²) in [5.74, 6) is 0.921. The van der Waals surface area contributed by atoms with Crippen molar-refractivity contribution >= 4 is 0 Å². The number of nitrogens with two attached hydrogens (primary N) is 1. The van der Waals surface area contributed by atoms with E-state index in [1.165, 1.54) is 38.5 Å². The van der Waals surface area contributed by atoms with Gasteiger partial charge in [0.15, 0.2) is 0 Å². The first-order valence-electron chi connectivity index (χ1n) is 7.81. The fourth-order valence-corrected chi connectivity index (χ4v) is 3.11. The maximum absolute atomic E-state index is 5.99. The lowest BCUT2D eigenvalue weighted by molar-refractivity contribution is 0.154. The summed E-state index contributed by atoms with van der Waals surface area (Å²) >= 11 is 0. The van der Waals surface area contributed by atoms with Gasteiger partial charge < -0.3 is 11.1 Å². The molecule has 0 radical (unpaired) electrons. The van der Waals surface area contributed by atoms with Gasteiger partial charge in [-0.05, 0) is 57.4 Å². The SMILES string of the molecule is CC(C)(N)CCCNCC(C)(C)C1CCCCC1. The monoisotopic (exact) mass is 254 g/mol. The maximum Gasteiger partial charge on any atom is 0.00975 e. The summed E-state index contributed by atoms with van der Waals surface area (Å²) in [5.41, 5.74) is 6.44. The van der Waals surface area contributed by atoms with Crippen molar-refractivity contribution in [2.24, 2.45) is 17.1 Å². The van der Waals surface area contributed by atoms with E-state index < -0.39 is 0 Å². The minimum atomic E-state index is -0.0133. The van der Waals surface area contributed by atoms with Crippen LogP contribution in [0.15, 0.2) is 0 Å². The van der Waals surface area contributed by atoms with Crippen LogP contribution in [0.1, 0.15) is 72.6 Å². The third-order valence-electron chi connectivity index (χ3n) is 4.47. The molecule has 0 amide bonds. The molecule has 18 heavy (non-hydrogen) atoms. The molecule has 2 heteroatoms. The van der Waals surface area contributed by atoms with E-state index in [9.17, 15) is 0 Å². The molecule has 0 heterocycles. The van der Waals surface area contributed by atoms with Crippen LogP contribution in [0, 0.1) is 11.3 Å². The Morgan fingerprint density at radius 3 is 2.22 bits per heavy atom. The van der Waals surface area contributed by atoms with Gasteiger partial charge >= 0.3 is 0 Å². The van der Waals surface area contributed by atoms with Gasteiger partial charge in [0.05, 0.1) is 0 Å². The Hall–Kier alpha value is -0.0800. The predicted octanol–water partition coefficient (Wildman–Crippen LogP) is 3.70. The molecule has 0 aromatic carbocycles. The number of hydrogen-bond acceptors (Lipinski definition) is 2. The molecule has 1 fully saturated rings. The zero-order valence-electron chi connectivity index (χ0n) is 13.0. The molecule has 0 unspecified atom stereocenters. The van der Waals surface area contributed by atoms with Gasteiger partial charge in [-0.1, -0.05) is 33.1 Å². The van der Waals surface area contributed by atoms with Gasteiger partial charge in [0.2, 0.25) is 0 Å². The molecule has 0 bridgehead atoms. The number of nitrogens with one attached hydrogen (secondary N) is 1. The van der Waals surface area contributed by atoms with E-state index in [2.05, 4.69) is 33.0 Å². The van der Waals surface area contributed by atoms with E-state index in [-0.39, 0.29) is 5.54 Å². The molecule has 0 aromatic heterocycles. The van der Waals surface area contributed by atoms with E-state index in [1.54, 1.807) is 0 Å². The molecular formula is C16H34N2. The van der Waals surface area contributed by atoms with Gasteiger partial charge in [0.25, 0.3) is 0 Å². The fourth-order valence-electron chi connectivity index (χ4n) is 3.11. The summed E-state index contributed by atoms with van der Waals surface area (Å²) in [4.78, 5) is 0. The quantitative estimate of drug-likeness (QED) is 0.680. The van der Waals surface area contributed by atoms with Crippen LogP contribution < -0.4 is 11.1 Å². The van der Waals surface area contributed by atoms with Gasteiger partial charge in [-0.2, -0.15) is 0 Å². The highest BCUT2D eigenvalue weighted by Gasteiger charge is 2.29. The van der Waals surface area contributed by atoms with E-state index >= 15 is 0 Å². The summed E-state index contributed by atoms with van der Waals surface area (Å²) in [6, 6.07) is 0. The second-order valence-electron chi connectivity index (χ2n) is 7.59. The van der Waals surface area contributed by atoms with Crippen molar-refractivity contribution in [3.63, 3.8) is 0 Å². The highest BCUT2D eigenvalue weighted by Crippen LogP contribution is 2.37. The Balaban J connectivity index is 2.16. The highest BCUT2D eigenvalue weighted by molar-refractivity contribution is 4.83. The second-order valence-corrected chi connectivity index (χ2v) is 7.59. The second kappa shape index (κ2) is 6.91. The van der Waals surface area contributed by atoms with Crippen LogP contribution in [0.4, 0.5) is 0 Å². The molecule has 0 saturated heterocycles. The van der Waals surface area contributed by atoms with Crippen molar-refractivity contribution in [3.05, 3.63) is 0 Å². The van der Waals surface area contributed by atoms with Crippen molar-refractivity contribution in [3.8, 4) is 0 Å². The van der Waals surface area contributed by atoms with Gasteiger partial charge in [-0.3, -0.25) is 0 Å². The van der Waals surface area contributed by atoms with Crippen LogP contribution in [0.2, 0.25) is 0 Å². The van der Waals surface area contributed by atoms with Crippen molar-refractivity contribution in [2.75, 3.05) is 13.1 Å². The molecule has 2 nitrogen and oxygen atoms in total. The van der Waals surface area contributed by atoms with Crippen LogP contribution in [-0.2, 0) is 0 Å².